The van der Waals surface area contributed by atoms with Crippen LogP contribution >= 0.6 is 0 Å². The molecular formula is C9H14O4. The van der Waals surface area contributed by atoms with E-state index in [2.05, 4.69) is 0 Å². The lowest BCUT2D eigenvalue weighted by molar-refractivity contribution is -0.158. The lowest BCUT2D eigenvalue weighted by Crippen LogP contribution is -2.25. The molecule has 2 atom stereocenters. The maximum atomic E-state index is 11.3. The van der Waals surface area contributed by atoms with Gasteiger partial charge in [0.15, 0.2) is 0 Å². The van der Waals surface area contributed by atoms with E-state index in [-0.39, 0.29) is 5.97 Å². The minimum atomic E-state index is -0.907. The molecule has 0 amide bonds. The number of carbonyl (C=O) groups excluding carboxylic acids is 1. The van der Waals surface area contributed by atoms with Gasteiger partial charge in [0, 0.05) is 0 Å². The van der Waals surface area contributed by atoms with Gasteiger partial charge in [0.2, 0.25) is 0 Å². The van der Waals surface area contributed by atoms with Gasteiger partial charge < -0.3 is 9.84 Å². The lowest BCUT2D eigenvalue weighted by atomic mass is 10.2. The quantitative estimate of drug-likeness (QED) is 0.654. The average Bonchev–Trinajstić information content (AvgIpc) is 2.58. The SMILES string of the molecule is CC(C)(C)OC(=O)[C@@H]1C[C@@H]1C(=O)O. The molecule has 1 rings (SSSR count). The average molecular weight is 186 g/mol. The number of carboxylic acids is 1. The van der Waals surface area contributed by atoms with Gasteiger partial charge in [-0.3, -0.25) is 9.59 Å². The normalized spacial score (nSPS) is 26.7. The minimum Gasteiger partial charge on any atom is -0.481 e. The molecule has 4 nitrogen and oxygen atoms in total. The van der Waals surface area contributed by atoms with Gasteiger partial charge in [0.25, 0.3) is 0 Å². The summed E-state index contributed by atoms with van der Waals surface area (Å²) in [6.45, 7) is 5.30. The first-order valence-electron chi connectivity index (χ1n) is 4.27. The highest BCUT2D eigenvalue weighted by Crippen LogP contribution is 2.40. The highest BCUT2D eigenvalue weighted by atomic mass is 16.6. The van der Waals surface area contributed by atoms with Crippen LogP contribution in [0.3, 0.4) is 0 Å². The number of ether oxygens (including phenoxy) is 1. The predicted octanol–water partition coefficient (Wildman–Crippen LogP) is 1.05. The Bertz CT molecular complexity index is 238. The van der Waals surface area contributed by atoms with Crippen LogP contribution in [0.4, 0.5) is 0 Å². The smallest absolute Gasteiger partial charge is 0.310 e. The largest absolute Gasteiger partial charge is 0.481 e. The first-order valence-corrected chi connectivity index (χ1v) is 4.27. The number of hydrogen-bond donors (Lipinski definition) is 1. The van der Waals surface area contributed by atoms with Crippen LogP contribution < -0.4 is 0 Å². The van der Waals surface area contributed by atoms with Crippen LogP contribution in [0.5, 0.6) is 0 Å². The van der Waals surface area contributed by atoms with Crippen molar-refractivity contribution in [2.75, 3.05) is 0 Å². The van der Waals surface area contributed by atoms with Gasteiger partial charge in [-0.05, 0) is 27.2 Å². The van der Waals surface area contributed by atoms with E-state index >= 15 is 0 Å². The Hall–Kier alpha value is -1.06. The third-order valence-electron chi connectivity index (χ3n) is 1.82. The molecule has 0 aliphatic heterocycles. The molecule has 1 aliphatic rings. The van der Waals surface area contributed by atoms with E-state index in [4.69, 9.17) is 9.84 Å². The van der Waals surface area contributed by atoms with Crippen LogP contribution in [0.15, 0.2) is 0 Å². The molecule has 0 spiro atoms. The van der Waals surface area contributed by atoms with Gasteiger partial charge in [-0.2, -0.15) is 0 Å². The summed E-state index contributed by atoms with van der Waals surface area (Å²) in [5, 5.41) is 8.56. The van der Waals surface area contributed by atoms with Gasteiger partial charge in [0.1, 0.15) is 5.60 Å². The molecule has 0 unspecified atom stereocenters. The zero-order valence-electron chi connectivity index (χ0n) is 8.03. The summed E-state index contributed by atoms with van der Waals surface area (Å²) < 4.78 is 5.04. The van der Waals surface area contributed by atoms with Crippen LogP contribution in [0.2, 0.25) is 0 Å². The zero-order chi connectivity index (χ0) is 10.2. The summed E-state index contributed by atoms with van der Waals surface area (Å²) in [6, 6.07) is 0. The van der Waals surface area contributed by atoms with Crippen molar-refractivity contribution in [3.8, 4) is 0 Å². The van der Waals surface area contributed by atoms with Crippen molar-refractivity contribution < 1.29 is 19.4 Å². The fourth-order valence-corrected chi connectivity index (χ4v) is 1.11. The molecule has 0 heterocycles. The van der Waals surface area contributed by atoms with E-state index in [0.29, 0.717) is 6.42 Å². The number of rotatable bonds is 2. The molecule has 74 valence electrons. The highest BCUT2D eigenvalue weighted by molar-refractivity contribution is 5.86. The summed E-state index contributed by atoms with van der Waals surface area (Å²) in [5.41, 5.74) is -0.525. The molecule has 0 aromatic carbocycles. The fourth-order valence-electron chi connectivity index (χ4n) is 1.11. The lowest BCUT2D eigenvalue weighted by Gasteiger charge is -2.19. The Morgan fingerprint density at radius 2 is 1.85 bits per heavy atom. The topological polar surface area (TPSA) is 63.6 Å². The van der Waals surface area contributed by atoms with Crippen LogP contribution in [0.1, 0.15) is 27.2 Å². The molecular weight excluding hydrogens is 172 g/mol. The van der Waals surface area contributed by atoms with Crippen LogP contribution in [0, 0.1) is 11.8 Å². The van der Waals surface area contributed by atoms with Crippen LogP contribution in [-0.4, -0.2) is 22.6 Å². The van der Waals surface area contributed by atoms with Crippen LogP contribution in [-0.2, 0) is 14.3 Å². The second-order valence-corrected chi connectivity index (χ2v) is 4.32. The van der Waals surface area contributed by atoms with Gasteiger partial charge >= 0.3 is 11.9 Å². The molecule has 1 fully saturated rings. The molecule has 4 heteroatoms. The highest BCUT2D eigenvalue weighted by Gasteiger charge is 2.50. The van der Waals surface area contributed by atoms with Crippen molar-refractivity contribution in [1.29, 1.82) is 0 Å². The summed E-state index contributed by atoms with van der Waals surface area (Å²) in [5.74, 6) is -2.23. The molecule has 0 aromatic heterocycles. The first kappa shape index (κ1) is 10.0. The maximum absolute atomic E-state index is 11.3. The van der Waals surface area contributed by atoms with Crippen molar-refractivity contribution in [2.45, 2.75) is 32.8 Å². The zero-order valence-corrected chi connectivity index (χ0v) is 8.03. The number of aliphatic carboxylic acids is 1. The number of esters is 1. The molecule has 0 saturated heterocycles. The number of carboxylic acid groups (broad SMARTS) is 1. The fraction of sp³-hybridized carbons (Fsp3) is 0.778. The number of carbonyl (C=O) groups is 2. The van der Waals surface area contributed by atoms with E-state index in [1.165, 1.54) is 0 Å². The Balaban J connectivity index is 2.40. The summed E-state index contributed by atoms with van der Waals surface area (Å²) in [6.07, 6.45) is 0.421. The molecule has 1 aliphatic carbocycles. The second kappa shape index (κ2) is 3.01. The van der Waals surface area contributed by atoms with Gasteiger partial charge in [-0.15, -0.1) is 0 Å². The minimum absolute atomic E-state index is 0.389. The van der Waals surface area contributed by atoms with Gasteiger partial charge in [0.05, 0.1) is 11.8 Å². The predicted molar refractivity (Wildman–Crippen MR) is 45.1 cm³/mol. The Kier molecular flexibility index (Phi) is 2.32. The van der Waals surface area contributed by atoms with E-state index in [1.54, 1.807) is 20.8 Å². The second-order valence-electron chi connectivity index (χ2n) is 4.32. The Morgan fingerprint density at radius 1 is 1.31 bits per heavy atom. The van der Waals surface area contributed by atoms with Crippen molar-refractivity contribution in [3.05, 3.63) is 0 Å². The van der Waals surface area contributed by atoms with Crippen molar-refractivity contribution in [1.82, 2.24) is 0 Å². The summed E-state index contributed by atoms with van der Waals surface area (Å²) >= 11 is 0. The first-order chi connectivity index (χ1) is 5.81. The summed E-state index contributed by atoms with van der Waals surface area (Å²) in [4.78, 5) is 21.7. The van der Waals surface area contributed by atoms with E-state index in [1.807, 2.05) is 0 Å². The van der Waals surface area contributed by atoms with Crippen molar-refractivity contribution in [3.63, 3.8) is 0 Å². The number of hydrogen-bond acceptors (Lipinski definition) is 3. The molecule has 1 saturated carbocycles. The molecule has 0 radical (unpaired) electrons. The van der Waals surface area contributed by atoms with Crippen molar-refractivity contribution >= 4 is 11.9 Å². The maximum Gasteiger partial charge on any atom is 0.310 e. The van der Waals surface area contributed by atoms with E-state index in [0.717, 1.165) is 0 Å². The molecule has 0 aromatic rings. The summed E-state index contributed by atoms with van der Waals surface area (Å²) in [7, 11) is 0. The molecule has 1 N–H and O–H groups in total. The third kappa shape index (κ3) is 2.72. The van der Waals surface area contributed by atoms with E-state index in [9.17, 15) is 9.59 Å². The third-order valence-corrected chi connectivity index (χ3v) is 1.82. The standard InChI is InChI=1S/C9H14O4/c1-9(2,3)13-8(12)6-4-5(6)7(10)11/h5-6H,4H2,1-3H3,(H,10,11)/t5-,6+/m0/s1. The Labute approximate surface area is 76.9 Å². The molecule has 0 bridgehead atoms. The van der Waals surface area contributed by atoms with Gasteiger partial charge in [-0.1, -0.05) is 0 Å². The molecule has 13 heavy (non-hydrogen) atoms. The van der Waals surface area contributed by atoms with E-state index < -0.39 is 23.4 Å². The van der Waals surface area contributed by atoms with Gasteiger partial charge in [-0.25, -0.2) is 0 Å². The van der Waals surface area contributed by atoms with Crippen molar-refractivity contribution in [2.24, 2.45) is 11.8 Å². The van der Waals surface area contributed by atoms with Crippen LogP contribution in [0.25, 0.3) is 0 Å². The Morgan fingerprint density at radius 3 is 2.15 bits per heavy atom. The monoisotopic (exact) mass is 186 g/mol.